The van der Waals surface area contributed by atoms with Crippen LogP contribution in [0.2, 0.25) is 0 Å². The minimum atomic E-state index is -0.228. The first-order valence-corrected chi connectivity index (χ1v) is 10.00. The molecule has 148 valence electrons. The van der Waals surface area contributed by atoms with Gasteiger partial charge in [-0.1, -0.05) is 30.3 Å². The lowest BCUT2D eigenvalue weighted by atomic mass is 9.78. The van der Waals surface area contributed by atoms with E-state index in [1.807, 2.05) is 0 Å². The standard InChI is InChI=1S/C21H27N5O2/c22-21-24-18(12-19(27)25-21)16-10-17(11-16)23-20(28)13-26-8-6-15(7-9-26)14-4-2-1-3-5-14/h1-5,12,15-17H,6-11,13H2,(H,23,28)(H3,22,24,25,27). The van der Waals surface area contributed by atoms with E-state index in [0.29, 0.717) is 12.5 Å². The molecule has 1 saturated carbocycles. The average Bonchev–Trinajstić information content (AvgIpc) is 2.65. The molecule has 7 nitrogen and oxygen atoms in total. The van der Waals surface area contributed by atoms with Crippen LogP contribution in [-0.2, 0) is 4.79 Å². The molecule has 0 radical (unpaired) electrons. The van der Waals surface area contributed by atoms with Crippen molar-refractivity contribution < 1.29 is 4.79 Å². The molecule has 7 heteroatoms. The van der Waals surface area contributed by atoms with Crippen LogP contribution in [0.25, 0.3) is 0 Å². The minimum Gasteiger partial charge on any atom is -0.369 e. The van der Waals surface area contributed by atoms with E-state index >= 15 is 0 Å². The van der Waals surface area contributed by atoms with Crippen LogP contribution in [0.3, 0.4) is 0 Å². The number of rotatable bonds is 5. The Bertz CT molecular complexity index is 868. The Balaban J connectivity index is 1.19. The molecule has 4 rings (SSSR count). The van der Waals surface area contributed by atoms with Crippen LogP contribution in [0.15, 0.2) is 41.2 Å². The van der Waals surface area contributed by atoms with E-state index in [1.54, 1.807) is 0 Å². The number of aromatic nitrogens is 2. The van der Waals surface area contributed by atoms with Crippen LogP contribution in [0, 0.1) is 0 Å². The fourth-order valence-corrected chi connectivity index (χ4v) is 4.31. The van der Waals surface area contributed by atoms with Gasteiger partial charge in [-0.2, -0.15) is 0 Å². The zero-order valence-electron chi connectivity index (χ0n) is 15.9. The first kappa shape index (κ1) is 18.7. The number of carbonyl (C=O) groups is 1. The largest absolute Gasteiger partial charge is 0.369 e. The quantitative estimate of drug-likeness (QED) is 0.730. The number of hydrogen-bond acceptors (Lipinski definition) is 5. The van der Waals surface area contributed by atoms with E-state index in [2.05, 4.69) is 50.5 Å². The number of nitrogens with zero attached hydrogens (tertiary/aromatic N) is 2. The Morgan fingerprint density at radius 1 is 1.18 bits per heavy atom. The van der Waals surface area contributed by atoms with Gasteiger partial charge in [0.25, 0.3) is 5.56 Å². The van der Waals surface area contributed by atoms with E-state index in [-0.39, 0.29) is 29.4 Å². The number of anilines is 1. The van der Waals surface area contributed by atoms with Crippen molar-refractivity contribution in [2.75, 3.05) is 25.4 Å². The fourth-order valence-electron chi connectivity index (χ4n) is 4.31. The normalized spacial score (nSPS) is 23.1. The molecule has 28 heavy (non-hydrogen) atoms. The van der Waals surface area contributed by atoms with Crippen molar-refractivity contribution in [1.29, 1.82) is 0 Å². The molecule has 1 saturated heterocycles. The molecular formula is C21H27N5O2. The highest BCUT2D eigenvalue weighted by molar-refractivity contribution is 5.78. The molecule has 2 aromatic rings. The molecule has 2 fully saturated rings. The third-order valence-corrected chi connectivity index (χ3v) is 5.93. The zero-order chi connectivity index (χ0) is 19.5. The molecule has 0 unspecified atom stereocenters. The number of nitrogens with one attached hydrogen (secondary N) is 2. The topological polar surface area (TPSA) is 104 Å². The molecule has 1 aliphatic heterocycles. The number of nitrogen functional groups attached to an aromatic ring is 1. The highest BCUT2D eigenvalue weighted by Crippen LogP contribution is 2.35. The second kappa shape index (κ2) is 8.14. The SMILES string of the molecule is Nc1nc(C2CC(NC(=O)CN3CCC(c4ccccc4)CC3)C2)cc(=O)[nH]1. The number of nitrogens with two attached hydrogens (primary N) is 1. The summed E-state index contributed by atoms with van der Waals surface area (Å²) < 4.78 is 0. The Hall–Kier alpha value is -2.67. The number of benzene rings is 1. The van der Waals surface area contributed by atoms with Gasteiger partial charge in [-0.3, -0.25) is 19.5 Å². The van der Waals surface area contributed by atoms with E-state index in [9.17, 15) is 9.59 Å². The molecule has 4 N–H and O–H groups in total. The van der Waals surface area contributed by atoms with E-state index in [1.165, 1.54) is 11.6 Å². The first-order valence-electron chi connectivity index (χ1n) is 10.00. The summed E-state index contributed by atoms with van der Waals surface area (Å²) in [5.41, 5.74) is 7.49. The molecule has 1 aliphatic carbocycles. The third-order valence-electron chi connectivity index (χ3n) is 5.93. The zero-order valence-corrected chi connectivity index (χ0v) is 15.9. The van der Waals surface area contributed by atoms with Crippen LogP contribution in [0.1, 0.15) is 48.8 Å². The number of carbonyl (C=O) groups excluding carboxylic acids is 1. The van der Waals surface area contributed by atoms with Crippen LogP contribution in [0.5, 0.6) is 0 Å². The number of aromatic amines is 1. The van der Waals surface area contributed by atoms with E-state index in [4.69, 9.17) is 5.73 Å². The van der Waals surface area contributed by atoms with Crippen LogP contribution in [-0.4, -0.2) is 46.5 Å². The van der Waals surface area contributed by atoms with Crippen LogP contribution < -0.4 is 16.6 Å². The molecule has 1 aromatic heterocycles. The molecule has 1 aromatic carbocycles. The summed E-state index contributed by atoms with van der Waals surface area (Å²) in [4.78, 5) is 32.8. The van der Waals surface area contributed by atoms with Gasteiger partial charge in [0.15, 0.2) is 0 Å². The van der Waals surface area contributed by atoms with Gasteiger partial charge in [0.05, 0.1) is 12.2 Å². The number of piperidine rings is 1. The Kier molecular flexibility index (Phi) is 5.43. The highest BCUT2D eigenvalue weighted by Gasteiger charge is 2.33. The van der Waals surface area contributed by atoms with Gasteiger partial charge in [0, 0.05) is 18.0 Å². The Morgan fingerprint density at radius 3 is 2.57 bits per heavy atom. The summed E-state index contributed by atoms with van der Waals surface area (Å²) in [6.45, 7) is 2.37. The second-order valence-electron chi connectivity index (χ2n) is 7.95. The van der Waals surface area contributed by atoms with Crippen LogP contribution in [0.4, 0.5) is 5.95 Å². The third kappa shape index (κ3) is 4.42. The number of likely N-dealkylation sites (tertiary alicyclic amines) is 1. The van der Waals surface area contributed by atoms with Crippen LogP contribution >= 0.6 is 0 Å². The number of hydrogen-bond donors (Lipinski definition) is 3. The van der Waals surface area contributed by atoms with Crippen molar-refractivity contribution in [3.63, 3.8) is 0 Å². The molecule has 0 bridgehead atoms. The Morgan fingerprint density at radius 2 is 1.89 bits per heavy atom. The first-order chi connectivity index (χ1) is 13.6. The smallest absolute Gasteiger partial charge is 0.252 e. The van der Waals surface area contributed by atoms with Gasteiger partial charge in [-0.25, -0.2) is 4.98 Å². The fraction of sp³-hybridized carbons (Fsp3) is 0.476. The van der Waals surface area contributed by atoms with Gasteiger partial charge in [-0.15, -0.1) is 0 Å². The van der Waals surface area contributed by atoms with Gasteiger partial charge < -0.3 is 11.1 Å². The molecule has 2 aliphatic rings. The van der Waals surface area contributed by atoms with Gasteiger partial charge in [0.2, 0.25) is 11.9 Å². The second-order valence-corrected chi connectivity index (χ2v) is 7.95. The van der Waals surface area contributed by atoms with Gasteiger partial charge in [0.1, 0.15) is 0 Å². The van der Waals surface area contributed by atoms with Crippen molar-refractivity contribution in [3.05, 3.63) is 58.0 Å². The summed E-state index contributed by atoms with van der Waals surface area (Å²) in [6, 6.07) is 12.3. The highest BCUT2D eigenvalue weighted by atomic mass is 16.2. The molecule has 1 amide bonds. The predicted octanol–water partition coefficient (Wildman–Crippen LogP) is 1.59. The summed E-state index contributed by atoms with van der Waals surface area (Å²) in [6.07, 6.45) is 3.80. The maximum absolute atomic E-state index is 12.4. The summed E-state index contributed by atoms with van der Waals surface area (Å²) >= 11 is 0. The van der Waals surface area contributed by atoms with Crippen molar-refractivity contribution in [3.8, 4) is 0 Å². The lowest BCUT2D eigenvalue weighted by Gasteiger charge is -2.36. The molecular weight excluding hydrogens is 354 g/mol. The lowest BCUT2D eigenvalue weighted by Crippen LogP contribution is -2.48. The molecule has 0 spiro atoms. The molecule has 2 heterocycles. The summed E-state index contributed by atoms with van der Waals surface area (Å²) in [5.74, 6) is 1.02. The van der Waals surface area contributed by atoms with Gasteiger partial charge in [-0.05, 0) is 50.3 Å². The van der Waals surface area contributed by atoms with Crippen molar-refractivity contribution in [2.24, 2.45) is 0 Å². The maximum atomic E-state index is 12.4. The minimum absolute atomic E-state index is 0.0833. The Labute approximate surface area is 164 Å². The predicted molar refractivity (Wildman–Crippen MR) is 108 cm³/mol. The van der Waals surface area contributed by atoms with Crippen molar-refractivity contribution in [2.45, 2.75) is 43.6 Å². The maximum Gasteiger partial charge on any atom is 0.252 e. The van der Waals surface area contributed by atoms with Crippen molar-refractivity contribution in [1.82, 2.24) is 20.2 Å². The summed E-state index contributed by atoms with van der Waals surface area (Å²) in [5, 5.41) is 3.11. The number of amides is 1. The van der Waals surface area contributed by atoms with E-state index in [0.717, 1.165) is 44.5 Å². The monoisotopic (exact) mass is 381 g/mol. The van der Waals surface area contributed by atoms with Crippen molar-refractivity contribution >= 4 is 11.9 Å². The summed E-state index contributed by atoms with van der Waals surface area (Å²) in [7, 11) is 0. The lowest BCUT2D eigenvalue weighted by molar-refractivity contribution is -0.123. The molecule has 0 atom stereocenters. The van der Waals surface area contributed by atoms with Gasteiger partial charge >= 0.3 is 0 Å². The average molecular weight is 381 g/mol. The van der Waals surface area contributed by atoms with E-state index < -0.39 is 0 Å². The number of H-pyrrole nitrogens is 1.